The molecule has 5 heavy (non-hydrogen) atoms. The molecule has 0 saturated heterocycles. The lowest BCUT2D eigenvalue weighted by atomic mass is 11.2. The standard InChI is InChI=1S/C2H4O2.H2O/c1-2-4-3;/h2-3H,1H2;1H2. The van der Waals surface area contributed by atoms with Crippen molar-refractivity contribution in [2.24, 2.45) is 0 Å². The second-order valence-electron chi connectivity index (χ2n) is 0.272. The van der Waals surface area contributed by atoms with Crippen LogP contribution in [0.5, 0.6) is 0 Å². The molecule has 0 aliphatic carbocycles. The molecule has 3 heteroatoms. The first kappa shape index (κ1) is 8.82. The summed E-state index contributed by atoms with van der Waals surface area (Å²) < 4.78 is 0. The van der Waals surface area contributed by atoms with Crippen molar-refractivity contribution in [3.63, 3.8) is 0 Å². The van der Waals surface area contributed by atoms with E-state index in [1.807, 2.05) is 0 Å². The molecule has 0 amide bonds. The van der Waals surface area contributed by atoms with Crippen LogP contribution < -0.4 is 0 Å². The summed E-state index contributed by atoms with van der Waals surface area (Å²) in [6, 6.07) is 0. The third-order valence-corrected chi connectivity index (χ3v) is 0.0745. The lowest BCUT2D eigenvalue weighted by Crippen LogP contribution is -1.56. The zero-order chi connectivity index (χ0) is 3.41. The lowest BCUT2D eigenvalue weighted by molar-refractivity contribution is -0.186. The molecule has 0 aliphatic heterocycles. The molecule has 0 radical (unpaired) electrons. The van der Waals surface area contributed by atoms with Gasteiger partial charge in [0.25, 0.3) is 0 Å². The predicted octanol–water partition coefficient (Wildman–Crippen LogP) is -0.205. The molecular weight excluding hydrogens is 72.0 g/mol. The van der Waals surface area contributed by atoms with Crippen molar-refractivity contribution in [2.75, 3.05) is 0 Å². The Bertz CT molecular complexity index is 18.9. The minimum absolute atomic E-state index is 0. The fourth-order valence-corrected chi connectivity index (χ4v) is 0. The maximum atomic E-state index is 7.26. The molecule has 0 bridgehead atoms. The highest BCUT2D eigenvalue weighted by Crippen LogP contribution is 1.51. The van der Waals surface area contributed by atoms with Gasteiger partial charge in [0.15, 0.2) is 0 Å². The van der Waals surface area contributed by atoms with Gasteiger partial charge in [-0.1, -0.05) is 6.58 Å². The summed E-state index contributed by atoms with van der Waals surface area (Å²) in [5.74, 6) is 0. The Labute approximate surface area is 29.7 Å². The van der Waals surface area contributed by atoms with Crippen molar-refractivity contribution < 1.29 is 15.6 Å². The molecule has 0 spiro atoms. The summed E-state index contributed by atoms with van der Waals surface area (Å²) in [5.41, 5.74) is 0. The summed E-state index contributed by atoms with van der Waals surface area (Å²) >= 11 is 0. The molecule has 0 atom stereocenters. The molecule has 3 N–H and O–H groups in total. The van der Waals surface area contributed by atoms with E-state index in [1.165, 1.54) is 0 Å². The van der Waals surface area contributed by atoms with Gasteiger partial charge in [-0.15, -0.1) is 0 Å². The molecule has 0 aliphatic rings. The number of hydrogen-bond acceptors (Lipinski definition) is 2. The van der Waals surface area contributed by atoms with Crippen molar-refractivity contribution in [2.45, 2.75) is 0 Å². The van der Waals surface area contributed by atoms with E-state index in [9.17, 15) is 0 Å². The highest BCUT2D eigenvalue weighted by molar-refractivity contribution is 4.40. The highest BCUT2D eigenvalue weighted by Gasteiger charge is 1.38. The number of hydrogen-bond donors (Lipinski definition) is 1. The normalized spacial score (nSPS) is 4.20. The highest BCUT2D eigenvalue weighted by atomic mass is 17.1. The van der Waals surface area contributed by atoms with Gasteiger partial charge >= 0.3 is 0 Å². The second kappa shape index (κ2) is 9.82. The monoisotopic (exact) mass is 78.0 g/mol. The minimum atomic E-state index is 0. The van der Waals surface area contributed by atoms with Crippen LogP contribution in [0.3, 0.4) is 0 Å². The van der Waals surface area contributed by atoms with Gasteiger partial charge < -0.3 is 10.4 Å². The first-order valence-corrected chi connectivity index (χ1v) is 0.827. The molecule has 0 aromatic rings. The minimum Gasteiger partial charge on any atom is -0.412 e. The van der Waals surface area contributed by atoms with Gasteiger partial charge in [0, 0.05) is 0 Å². The fourth-order valence-electron chi connectivity index (χ4n) is 0. The van der Waals surface area contributed by atoms with Crippen LogP contribution in [-0.2, 0) is 4.89 Å². The van der Waals surface area contributed by atoms with Crippen LogP contribution in [0.15, 0.2) is 12.8 Å². The summed E-state index contributed by atoms with van der Waals surface area (Å²) in [6.07, 6.45) is 0.931. The largest absolute Gasteiger partial charge is 0.412 e. The van der Waals surface area contributed by atoms with Gasteiger partial charge in [-0.05, 0) is 0 Å². The summed E-state index contributed by atoms with van der Waals surface area (Å²) in [5, 5.41) is 7.26. The van der Waals surface area contributed by atoms with Crippen LogP contribution >= 0.6 is 0 Å². The Kier molecular flexibility index (Phi) is 17.3. The van der Waals surface area contributed by atoms with E-state index >= 15 is 0 Å². The molecule has 3 nitrogen and oxygen atoms in total. The van der Waals surface area contributed by atoms with Crippen molar-refractivity contribution >= 4 is 0 Å². The predicted molar refractivity (Wildman–Crippen MR) is 17.5 cm³/mol. The molecule has 0 unspecified atom stereocenters. The molecule has 0 aromatic heterocycles. The maximum absolute atomic E-state index is 7.26. The summed E-state index contributed by atoms with van der Waals surface area (Å²) in [6.45, 7) is 3.01. The Hall–Kier alpha value is -0.540. The first-order valence-electron chi connectivity index (χ1n) is 0.827. The number of rotatable bonds is 1. The van der Waals surface area contributed by atoms with Gasteiger partial charge in [0.05, 0.1) is 0 Å². The van der Waals surface area contributed by atoms with Crippen LogP contribution in [0.2, 0.25) is 0 Å². The third kappa shape index (κ3) is 34.9. The Balaban J connectivity index is 0. The quantitative estimate of drug-likeness (QED) is 0.268. The Morgan fingerprint density at radius 1 is 1.80 bits per heavy atom. The van der Waals surface area contributed by atoms with Gasteiger partial charge in [-0.25, -0.2) is 5.26 Å². The third-order valence-electron chi connectivity index (χ3n) is 0.0745. The van der Waals surface area contributed by atoms with Gasteiger partial charge in [0.1, 0.15) is 6.26 Å². The molecule has 0 heterocycles. The summed E-state index contributed by atoms with van der Waals surface area (Å²) in [4.78, 5) is 3.31. The van der Waals surface area contributed by atoms with E-state index in [0.29, 0.717) is 0 Å². The van der Waals surface area contributed by atoms with E-state index in [0.717, 1.165) is 6.26 Å². The Morgan fingerprint density at radius 2 is 2.00 bits per heavy atom. The van der Waals surface area contributed by atoms with Crippen LogP contribution in [0.25, 0.3) is 0 Å². The average molecular weight is 78.1 g/mol. The zero-order valence-corrected chi connectivity index (χ0v) is 2.64. The topological polar surface area (TPSA) is 61.0 Å². The van der Waals surface area contributed by atoms with Crippen LogP contribution in [-0.4, -0.2) is 10.7 Å². The van der Waals surface area contributed by atoms with Crippen molar-refractivity contribution in [1.82, 2.24) is 0 Å². The first-order chi connectivity index (χ1) is 1.91. The van der Waals surface area contributed by atoms with E-state index < -0.39 is 0 Å². The lowest BCUT2D eigenvalue weighted by Gasteiger charge is -1.69. The molecule has 0 fully saturated rings. The van der Waals surface area contributed by atoms with E-state index in [2.05, 4.69) is 11.5 Å². The van der Waals surface area contributed by atoms with Gasteiger partial charge in [0.2, 0.25) is 0 Å². The van der Waals surface area contributed by atoms with Crippen LogP contribution in [0.4, 0.5) is 0 Å². The van der Waals surface area contributed by atoms with E-state index in [4.69, 9.17) is 5.26 Å². The van der Waals surface area contributed by atoms with Crippen molar-refractivity contribution in [3.8, 4) is 0 Å². The SMILES string of the molecule is C=COO.O. The maximum Gasteiger partial charge on any atom is 0.122 e. The molecular formula is C2H6O3. The van der Waals surface area contributed by atoms with Gasteiger partial charge in [-0.3, -0.25) is 0 Å². The molecule has 0 aromatic carbocycles. The van der Waals surface area contributed by atoms with Crippen molar-refractivity contribution in [3.05, 3.63) is 12.8 Å². The average Bonchev–Trinajstić information content (AvgIpc) is 1.37. The molecule has 0 rings (SSSR count). The second-order valence-corrected chi connectivity index (χ2v) is 0.272. The Morgan fingerprint density at radius 3 is 2.00 bits per heavy atom. The van der Waals surface area contributed by atoms with E-state index in [-0.39, 0.29) is 5.48 Å². The zero-order valence-electron chi connectivity index (χ0n) is 2.64. The van der Waals surface area contributed by atoms with Gasteiger partial charge in [-0.2, -0.15) is 0 Å². The van der Waals surface area contributed by atoms with Crippen LogP contribution in [0.1, 0.15) is 0 Å². The summed E-state index contributed by atoms with van der Waals surface area (Å²) in [7, 11) is 0. The molecule has 0 saturated carbocycles. The smallest absolute Gasteiger partial charge is 0.122 e. The van der Waals surface area contributed by atoms with E-state index in [1.54, 1.807) is 0 Å². The van der Waals surface area contributed by atoms with Crippen LogP contribution in [0, 0.1) is 0 Å². The fraction of sp³-hybridized carbons (Fsp3) is 0. The van der Waals surface area contributed by atoms with Crippen molar-refractivity contribution in [1.29, 1.82) is 0 Å². The molecule has 32 valence electrons.